The van der Waals surface area contributed by atoms with Crippen LogP contribution >= 0.6 is 0 Å². The molecule has 0 aliphatic carbocycles. The van der Waals surface area contributed by atoms with Crippen LogP contribution in [0.3, 0.4) is 0 Å². The summed E-state index contributed by atoms with van der Waals surface area (Å²) in [5.41, 5.74) is 6.54. The van der Waals surface area contributed by atoms with Gasteiger partial charge in [0.1, 0.15) is 12.0 Å². The molecule has 2 aliphatic heterocycles. The second kappa shape index (κ2) is 12.0. The van der Waals surface area contributed by atoms with Gasteiger partial charge in [0.25, 0.3) is 5.91 Å². The second-order valence-corrected chi connectivity index (χ2v) is 9.62. The molecule has 7 heteroatoms. The molecule has 0 saturated carbocycles. The van der Waals surface area contributed by atoms with Crippen molar-refractivity contribution in [3.8, 4) is 5.75 Å². The average Bonchev–Trinajstić information content (AvgIpc) is 3.50. The number of hydrogen-bond acceptors (Lipinski definition) is 6. The predicted molar refractivity (Wildman–Crippen MR) is 153 cm³/mol. The number of carbonyl (C=O) groups excluding carboxylic acids is 2. The molecule has 0 saturated heterocycles. The van der Waals surface area contributed by atoms with Crippen LogP contribution in [0.1, 0.15) is 60.2 Å². The maximum atomic E-state index is 14.0. The van der Waals surface area contributed by atoms with E-state index in [4.69, 9.17) is 4.74 Å². The van der Waals surface area contributed by atoms with E-state index in [9.17, 15) is 9.59 Å². The molecule has 4 rings (SSSR count). The van der Waals surface area contributed by atoms with Crippen LogP contribution < -0.4 is 15.4 Å². The molecule has 200 valence electrons. The number of likely N-dealkylation sites (N-methyl/N-ethyl adjacent to an activating group) is 1. The normalized spacial score (nSPS) is 16.1. The van der Waals surface area contributed by atoms with Crippen molar-refractivity contribution in [1.29, 1.82) is 0 Å². The minimum atomic E-state index is -0.248. The van der Waals surface area contributed by atoms with Crippen LogP contribution in [-0.2, 0) is 17.8 Å². The first kappa shape index (κ1) is 27.0. The second-order valence-electron chi connectivity index (χ2n) is 9.62. The maximum absolute atomic E-state index is 14.0. The largest absolute Gasteiger partial charge is 0.493 e. The molecule has 1 unspecified atom stereocenters. The summed E-state index contributed by atoms with van der Waals surface area (Å²) >= 11 is 0. The molecular weight excluding hydrogens is 476 g/mol. The molecule has 2 N–H and O–H groups in total. The van der Waals surface area contributed by atoms with Crippen molar-refractivity contribution in [1.82, 2.24) is 15.1 Å². The van der Waals surface area contributed by atoms with Gasteiger partial charge in [-0.2, -0.15) is 0 Å². The molecule has 2 aromatic carbocycles. The number of ether oxygens (including phenoxy) is 1. The van der Waals surface area contributed by atoms with Crippen molar-refractivity contribution in [3.05, 3.63) is 88.9 Å². The lowest BCUT2D eigenvalue weighted by Gasteiger charge is -2.31. The lowest BCUT2D eigenvalue weighted by Crippen LogP contribution is -2.40. The minimum Gasteiger partial charge on any atom is -0.493 e. The number of nitrogens with zero attached hydrogens (tertiary/aromatic N) is 2. The molecule has 1 amide bonds. The van der Waals surface area contributed by atoms with E-state index in [1.54, 1.807) is 0 Å². The van der Waals surface area contributed by atoms with E-state index in [1.165, 1.54) is 5.56 Å². The van der Waals surface area contributed by atoms with Gasteiger partial charge in [0.05, 0.1) is 24.0 Å². The predicted octanol–water partition coefficient (Wildman–Crippen LogP) is 5.31. The fraction of sp³-hybridized carbons (Fsp3) is 0.355. The monoisotopic (exact) mass is 514 g/mol. The van der Waals surface area contributed by atoms with E-state index in [-0.39, 0.29) is 11.9 Å². The number of amides is 1. The van der Waals surface area contributed by atoms with E-state index < -0.39 is 0 Å². The van der Waals surface area contributed by atoms with Crippen LogP contribution in [0.4, 0.5) is 5.69 Å². The Bertz CT molecular complexity index is 1280. The number of allylic oxidation sites excluding steroid dienone is 2. The number of hydrogen-bond donors (Lipinski definition) is 2. The van der Waals surface area contributed by atoms with Gasteiger partial charge in [0.2, 0.25) is 0 Å². The molecule has 0 spiro atoms. The number of nitrogens with one attached hydrogen (secondary N) is 2. The first-order chi connectivity index (χ1) is 18.4. The molecule has 2 aliphatic rings. The third-order valence-corrected chi connectivity index (χ3v) is 7.18. The highest BCUT2D eigenvalue weighted by molar-refractivity contribution is 6.10. The van der Waals surface area contributed by atoms with Crippen LogP contribution in [0.5, 0.6) is 5.75 Å². The van der Waals surface area contributed by atoms with Crippen molar-refractivity contribution in [2.45, 2.75) is 52.1 Å². The highest BCUT2D eigenvalue weighted by Crippen LogP contribution is 2.39. The van der Waals surface area contributed by atoms with Crippen molar-refractivity contribution >= 4 is 23.6 Å². The molecule has 0 aromatic heterocycles. The SMILES string of the molecule is C=C(Nc1ccc2c(c1)CCO2)N(C)Cc1cccc2c1C(=O)N(C(CCC=O)/C(=C/CC)NC)C2=CC. The Morgan fingerprint density at radius 1 is 1.29 bits per heavy atom. The summed E-state index contributed by atoms with van der Waals surface area (Å²) in [7, 11) is 3.83. The molecular formula is C31H38N4O3. The number of anilines is 1. The first-order valence-corrected chi connectivity index (χ1v) is 13.3. The van der Waals surface area contributed by atoms with E-state index in [2.05, 4.69) is 36.3 Å². The lowest BCUT2D eigenvalue weighted by atomic mass is 10.0. The number of benzene rings is 2. The topological polar surface area (TPSA) is 73.9 Å². The van der Waals surface area contributed by atoms with Gasteiger partial charge in [-0.3, -0.25) is 9.69 Å². The minimum absolute atomic E-state index is 0.0394. The summed E-state index contributed by atoms with van der Waals surface area (Å²) in [6.07, 6.45) is 7.66. The molecule has 38 heavy (non-hydrogen) atoms. The summed E-state index contributed by atoms with van der Waals surface area (Å²) < 4.78 is 5.61. The van der Waals surface area contributed by atoms with E-state index >= 15 is 0 Å². The Morgan fingerprint density at radius 3 is 2.82 bits per heavy atom. The highest BCUT2D eigenvalue weighted by Gasteiger charge is 2.39. The zero-order valence-electron chi connectivity index (χ0n) is 22.8. The molecule has 0 fully saturated rings. The Labute approximate surface area is 225 Å². The zero-order valence-corrected chi connectivity index (χ0v) is 22.8. The van der Waals surface area contributed by atoms with Gasteiger partial charge in [-0.25, -0.2) is 0 Å². The quantitative estimate of drug-likeness (QED) is 0.374. The van der Waals surface area contributed by atoms with Crippen LogP contribution in [0.25, 0.3) is 5.70 Å². The van der Waals surface area contributed by atoms with Crippen LogP contribution in [0.2, 0.25) is 0 Å². The Hall–Kier alpha value is -4.00. The van der Waals surface area contributed by atoms with Gasteiger partial charge in [-0.1, -0.05) is 43.9 Å². The molecule has 0 radical (unpaired) electrons. The third kappa shape index (κ3) is 5.32. The lowest BCUT2D eigenvalue weighted by molar-refractivity contribution is -0.108. The smallest absolute Gasteiger partial charge is 0.259 e. The Balaban J connectivity index is 1.59. The molecule has 7 nitrogen and oxygen atoms in total. The Kier molecular flexibility index (Phi) is 8.56. The van der Waals surface area contributed by atoms with Gasteiger partial charge in [0, 0.05) is 56.1 Å². The van der Waals surface area contributed by atoms with Crippen molar-refractivity contribution in [3.63, 3.8) is 0 Å². The first-order valence-electron chi connectivity index (χ1n) is 13.3. The number of rotatable bonds is 12. The molecule has 2 aromatic rings. The summed E-state index contributed by atoms with van der Waals surface area (Å²) in [5.74, 6) is 1.64. The van der Waals surface area contributed by atoms with E-state index in [1.807, 2.05) is 67.2 Å². The summed E-state index contributed by atoms with van der Waals surface area (Å²) in [5, 5.41) is 6.67. The summed E-state index contributed by atoms with van der Waals surface area (Å²) in [6, 6.07) is 11.8. The number of carbonyl (C=O) groups is 2. The van der Waals surface area contributed by atoms with Gasteiger partial charge < -0.3 is 25.1 Å². The molecule has 1 atom stereocenters. The molecule has 0 bridgehead atoms. The van der Waals surface area contributed by atoms with Gasteiger partial charge in [-0.05, 0) is 49.1 Å². The number of aldehydes is 1. The zero-order chi connectivity index (χ0) is 27.2. The van der Waals surface area contributed by atoms with Gasteiger partial charge >= 0.3 is 0 Å². The highest BCUT2D eigenvalue weighted by atomic mass is 16.5. The van der Waals surface area contributed by atoms with Gasteiger partial charge in [-0.15, -0.1) is 0 Å². The molecule has 2 heterocycles. The van der Waals surface area contributed by atoms with E-state index in [0.29, 0.717) is 24.9 Å². The Morgan fingerprint density at radius 2 is 2.11 bits per heavy atom. The summed E-state index contributed by atoms with van der Waals surface area (Å²) in [6.45, 7) is 9.50. The van der Waals surface area contributed by atoms with Crippen LogP contribution in [-0.4, -0.2) is 48.7 Å². The maximum Gasteiger partial charge on any atom is 0.259 e. The van der Waals surface area contributed by atoms with Crippen LogP contribution in [0, 0.1) is 0 Å². The third-order valence-electron chi connectivity index (χ3n) is 7.18. The number of fused-ring (bicyclic) bond motifs is 2. The van der Waals surface area contributed by atoms with Crippen molar-refractivity contribution in [2.75, 3.05) is 26.0 Å². The van der Waals surface area contributed by atoms with Crippen LogP contribution in [0.15, 0.2) is 66.6 Å². The van der Waals surface area contributed by atoms with Crippen molar-refractivity contribution in [2.24, 2.45) is 0 Å². The summed E-state index contributed by atoms with van der Waals surface area (Å²) in [4.78, 5) is 29.2. The fourth-order valence-electron chi connectivity index (χ4n) is 5.31. The van der Waals surface area contributed by atoms with Gasteiger partial charge in [0.15, 0.2) is 0 Å². The van der Waals surface area contributed by atoms with E-state index in [0.717, 1.165) is 65.5 Å². The fourth-order valence-corrected chi connectivity index (χ4v) is 5.31. The standard InChI is InChI=1S/C31H38N4O3/c1-6-10-26(32-4)28(13-9-17-36)35-27(7-2)25-12-8-11-23(30(25)31(35)37)20-34(5)21(3)33-24-14-15-29-22(19-24)16-18-38-29/h7-8,10-12,14-15,17,19,28,32-33H,3,6,9,13,16,18,20H2,1-2,4-5H3/b26-10-,27-7?. The average molecular weight is 515 g/mol. The van der Waals surface area contributed by atoms with Crippen molar-refractivity contribution < 1.29 is 14.3 Å².